The molecule has 5 aromatic carbocycles. The van der Waals surface area contributed by atoms with E-state index < -0.39 is 0 Å². The minimum atomic E-state index is -0.0110. The van der Waals surface area contributed by atoms with Crippen LogP contribution in [-0.4, -0.2) is 89.1 Å². The van der Waals surface area contributed by atoms with Crippen LogP contribution in [0, 0.1) is 19.8 Å². The van der Waals surface area contributed by atoms with Gasteiger partial charge in [-0.1, -0.05) is 63.2 Å². The Balaban J connectivity index is 0.000000243. The van der Waals surface area contributed by atoms with Gasteiger partial charge in [0.25, 0.3) is 11.8 Å². The maximum Gasteiger partial charge on any atom is 0.261 e. The van der Waals surface area contributed by atoms with Crippen LogP contribution < -0.4 is 28.9 Å². The van der Waals surface area contributed by atoms with Gasteiger partial charge in [-0.25, -0.2) is 0 Å². The summed E-state index contributed by atoms with van der Waals surface area (Å²) < 4.78 is 29.3. The number of nitrogens with zero attached hydrogens (tertiary/aromatic N) is 4. The fourth-order valence-electron chi connectivity index (χ4n) is 10.1. The Morgan fingerprint density at radius 3 is 2.20 bits per heavy atom. The molecule has 0 aromatic heterocycles. The van der Waals surface area contributed by atoms with E-state index >= 15 is 0 Å². The number of carbonyl (C=O) groups is 3. The van der Waals surface area contributed by atoms with Crippen molar-refractivity contribution in [1.29, 1.82) is 0 Å². The summed E-state index contributed by atoms with van der Waals surface area (Å²) in [6.45, 7) is 16.9. The molecule has 0 saturated heterocycles. The van der Waals surface area contributed by atoms with E-state index in [0.717, 1.165) is 96.7 Å². The van der Waals surface area contributed by atoms with Crippen molar-refractivity contribution in [3.05, 3.63) is 136 Å². The molecule has 12 nitrogen and oxygen atoms in total. The highest BCUT2D eigenvalue weighted by Crippen LogP contribution is 2.42. The molecular weight excluding hydrogens is 893 g/mol. The molecule has 0 bridgehead atoms. The van der Waals surface area contributed by atoms with Gasteiger partial charge in [-0.2, -0.15) is 0 Å². The Labute approximate surface area is 419 Å². The van der Waals surface area contributed by atoms with Crippen molar-refractivity contribution in [2.45, 2.75) is 105 Å². The van der Waals surface area contributed by atoms with E-state index in [1.807, 2.05) is 104 Å². The van der Waals surface area contributed by atoms with E-state index in [2.05, 4.69) is 54.1 Å². The first-order valence-corrected chi connectivity index (χ1v) is 25.5. The average molecular weight is 963 g/mol. The Hall–Kier alpha value is -6.50. The number of hydrogen-bond donors (Lipinski definition) is 0. The number of ether oxygens (including phenoxy) is 5. The monoisotopic (exact) mass is 963 g/mol. The molecule has 2 atom stereocenters. The Morgan fingerprint density at radius 1 is 0.746 bits per heavy atom. The van der Waals surface area contributed by atoms with E-state index in [0.29, 0.717) is 80.1 Å². The lowest BCUT2D eigenvalue weighted by molar-refractivity contribution is -0.121. The number of methoxy groups -OCH3 is 1. The van der Waals surface area contributed by atoms with E-state index in [-0.39, 0.29) is 29.8 Å². The fourth-order valence-corrected chi connectivity index (χ4v) is 10.1. The van der Waals surface area contributed by atoms with Gasteiger partial charge in [-0.3, -0.25) is 24.3 Å². The first-order chi connectivity index (χ1) is 34.5. The van der Waals surface area contributed by atoms with Crippen molar-refractivity contribution in [2.75, 3.05) is 67.9 Å². The van der Waals surface area contributed by atoms with Crippen molar-refractivity contribution in [2.24, 2.45) is 10.9 Å². The molecule has 4 heterocycles. The summed E-state index contributed by atoms with van der Waals surface area (Å²) in [7, 11) is 1.62. The number of amides is 2. The molecule has 5 aromatic rings. The number of rotatable bonds is 20. The largest absolute Gasteiger partial charge is 0.494 e. The Bertz CT molecular complexity index is 2730. The van der Waals surface area contributed by atoms with Gasteiger partial charge in [-0.15, -0.1) is 0 Å². The summed E-state index contributed by atoms with van der Waals surface area (Å²) in [6, 6.07) is 30.5. The highest BCUT2D eigenvalue weighted by molar-refractivity contribution is 6.14. The van der Waals surface area contributed by atoms with Crippen molar-refractivity contribution < 1.29 is 38.1 Å². The second-order valence-electron chi connectivity index (χ2n) is 19.2. The van der Waals surface area contributed by atoms with Gasteiger partial charge in [-0.05, 0) is 129 Å². The molecule has 0 aliphatic carbocycles. The van der Waals surface area contributed by atoms with Gasteiger partial charge in [0.2, 0.25) is 0 Å². The number of para-hydroxylation sites is 2. The third-order valence-corrected chi connectivity index (χ3v) is 13.7. The number of fused-ring (bicyclic) bond motifs is 8. The topological polar surface area (TPSA) is 119 Å². The lowest BCUT2D eigenvalue weighted by Gasteiger charge is -2.26. The van der Waals surface area contributed by atoms with Crippen molar-refractivity contribution in [1.82, 2.24) is 0 Å². The molecule has 12 heteroatoms. The molecule has 4 aliphatic heterocycles. The molecule has 0 radical (unpaired) electrons. The molecular formula is C59H70N4O8. The predicted molar refractivity (Wildman–Crippen MR) is 282 cm³/mol. The van der Waals surface area contributed by atoms with Crippen LogP contribution in [0.15, 0.2) is 96.0 Å². The van der Waals surface area contributed by atoms with Gasteiger partial charge >= 0.3 is 0 Å². The summed E-state index contributed by atoms with van der Waals surface area (Å²) in [6.07, 6.45) is 7.62. The smallest absolute Gasteiger partial charge is 0.261 e. The number of anilines is 3. The van der Waals surface area contributed by atoms with Crippen LogP contribution in [-0.2, 0) is 40.1 Å². The summed E-state index contributed by atoms with van der Waals surface area (Å²) in [5.74, 6) is 2.36. The average Bonchev–Trinajstić information content (AvgIpc) is 3.86. The van der Waals surface area contributed by atoms with Gasteiger partial charge in [0.05, 0.1) is 50.8 Å². The number of Topliss-reactive ketones (excluding diaryl/α,β-unsaturated/α-hetero) is 1. The van der Waals surface area contributed by atoms with Gasteiger partial charge in [0, 0.05) is 79.4 Å². The number of carbonyl (C=O) groups excluding carboxylic acids is 3. The number of ketones is 1. The predicted octanol–water partition coefficient (Wildman–Crippen LogP) is 11.0. The number of aliphatic imine (C=N–C) groups is 1. The minimum absolute atomic E-state index is 0.0110. The van der Waals surface area contributed by atoms with Crippen LogP contribution in [0.3, 0.4) is 0 Å². The van der Waals surface area contributed by atoms with E-state index in [9.17, 15) is 14.4 Å². The molecule has 2 amide bonds. The van der Waals surface area contributed by atoms with Crippen molar-refractivity contribution in [3.63, 3.8) is 0 Å². The molecule has 0 spiro atoms. The molecule has 374 valence electrons. The van der Waals surface area contributed by atoms with Gasteiger partial charge in [0.15, 0.2) is 11.5 Å². The van der Waals surface area contributed by atoms with Crippen LogP contribution in [0.4, 0.5) is 22.7 Å². The van der Waals surface area contributed by atoms with Crippen molar-refractivity contribution in [3.8, 4) is 17.2 Å². The lowest BCUT2D eigenvalue weighted by Crippen LogP contribution is -2.37. The van der Waals surface area contributed by atoms with Crippen LogP contribution >= 0.6 is 0 Å². The van der Waals surface area contributed by atoms with E-state index in [1.54, 1.807) is 7.11 Å². The second kappa shape index (κ2) is 23.6. The summed E-state index contributed by atoms with van der Waals surface area (Å²) in [5, 5.41) is 0. The second-order valence-corrected chi connectivity index (χ2v) is 19.2. The molecule has 71 heavy (non-hydrogen) atoms. The zero-order chi connectivity index (χ0) is 50.0. The minimum Gasteiger partial charge on any atom is -0.494 e. The van der Waals surface area contributed by atoms with E-state index in [4.69, 9.17) is 23.7 Å². The van der Waals surface area contributed by atoms with E-state index in [1.165, 1.54) is 11.1 Å². The maximum atomic E-state index is 13.9. The molecule has 4 aliphatic rings. The first kappa shape index (κ1) is 50.9. The normalized spacial score (nSPS) is 16.2. The number of benzene rings is 5. The quantitative estimate of drug-likeness (QED) is 0.0702. The Kier molecular flexibility index (Phi) is 16.9. The zero-order valence-corrected chi connectivity index (χ0v) is 42.6. The van der Waals surface area contributed by atoms with Crippen LogP contribution in [0.1, 0.15) is 107 Å². The van der Waals surface area contributed by atoms with Crippen LogP contribution in [0.2, 0.25) is 0 Å². The van der Waals surface area contributed by atoms with Crippen LogP contribution in [0.5, 0.6) is 17.2 Å². The van der Waals surface area contributed by atoms with Gasteiger partial charge < -0.3 is 33.5 Å². The molecule has 0 unspecified atom stereocenters. The molecule has 0 fully saturated rings. The third-order valence-electron chi connectivity index (χ3n) is 13.7. The summed E-state index contributed by atoms with van der Waals surface area (Å²) in [4.78, 5) is 50.0. The SMILES string of the molecule is CCCOCCOCCN(CCCC(=O)C(C)C)c1cc(C)cc(COc2cc3c(cc2OC)C(=O)N2c4ccccc4C[C@H]2CC3)c1.CCOc1cc2c(cc1C)C(=O)N1c3ccccc3C[C@H]1C=N2. The lowest BCUT2D eigenvalue weighted by atomic mass is 9.99. The molecule has 0 saturated carbocycles. The highest BCUT2D eigenvalue weighted by atomic mass is 16.5. The van der Waals surface area contributed by atoms with Gasteiger partial charge in [0.1, 0.15) is 18.1 Å². The molecule has 0 N–H and O–H groups in total. The zero-order valence-electron chi connectivity index (χ0n) is 42.6. The molecule has 9 rings (SSSR count). The number of aryl methyl sites for hydroxylation is 3. The van der Waals surface area contributed by atoms with Crippen molar-refractivity contribution >= 4 is 46.6 Å². The highest BCUT2D eigenvalue weighted by Gasteiger charge is 2.38. The maximum absolute atomic E-state index is 13.9. The first-order valence-electron chi connectivity index (χ1n) is 25.5. The third kappa shape index (κ3) is 11.8. The summed E-state index contributed by atoms with van der Waals surface area (Å²) >= 11 is 0. The Morgan fingerprint density at radius 2 is 1.46 bits per heavy atom. The fraction of sp³-hybridized carbons (Fsp3) is 0.424. The van der Waals surface area contributed by atoms with Crippen LogP contribution in [0.25, 0.3) is 0 Å². The summed E-state index contributed by atoms with van der Waals surface area (Å²) in [5.41, 5.74) is 11.7. The standard InChI is InChI=1S/C40H52N2O6.C19H18N2O2/c1-6-17-46-19-20-47-18-16-41(15-9-12-37(43)28(2)3)34-22-29(4)21-30(23-34)27-48-39-25-31-13-14-33-24-32-10-7-8-11-36(32)42(33)40(44)35(31)26-38(39)45-5;1-3-23-18-10-16-15(8-12(18)2)19(22)21-14(11-20-16)9-13-6-4-5-7-17(13)21/h7-8,10-11,21-23,25-26,28,33H,6,9,12-20,24,27H2,1-5H3;4-8,10-11,14H,3,9H2,1-2H3/t33-;14-/m10/s1. The number of hydrogen-bond acceptors (Lipinski definition) is 10.